The molecule has 4 unspecified atom stereocenters. The number of hydrogen-bond donors (Lipinski definition) is 0. The summed E-state index contributed by atoms with van der Waals surface area (Å²) in [4.78, 5) is 29.7. The summed E-state index contributed by atoms with van der Waals surface area (Å²) in [5.74, 6) is 0.717. The lowest BCUT2D eigenvalue weighted by Crippen LogP contribution is -2.45. The number of hydrogen-bond acceptors (Lipinski definition) is 2. The predicted octanol–water partition coefficient (Wildman–Crippen LogP) is 3.98. The van der Waals surface area contributed by atoms with Gasteiger partial charge in [-0.2, -0.15) is 0 Å². The van der Waals surface area contributed by atoms with Gasteiger partial charge in [0, 0.05) is 29.5 Å². The van der Waals surface area contributed by atoms with Crippen LogP contribution < -0.4 is 4.90 Å². The van der Waals surface area contributed by atoms with Crippen molar-refractivity contribution in [2.24, 2.45) is 11.8 Å². The third kappa shape index (κ3) is 3.01. The Morgan fingerprint density at radius 1 is 1.20 bits per heavy atom. The zero-order chi connectivity index (χ0) is 17.6. The molecule has 2 saturated heterocycles. The van der Waals surface area contributed by atoms with Crippen molar-refractivity contribution in [3.8, 4) is 0 Å². The molecule has 3 aliphatic rings. The van der Waals surface area contributed by atoms with Gasteiger partial charge in [-0.15, -0.1) is 0 Å². The molecular weight excluding hydrogens is 380 g/mol. The highest BCUT2D eigenvalue weighted by Crippen LogP contribution is 2.41. The molecule has 2 amide bonds. The molecule has 0 bridgehead atoms. The van der Waals surface area contributed by atoms with Crippen molar-refractivity contribution in [1.29, 1.82) is 0 Å². The van der Waals surface area contributed by atoms with Crippen molar-refractivity contribution in [1.82, 2.24) is 4.90 Å². The van der Waals surface area contributed by atoms with Gasteiger partial charge in [0.1, 0.15) is 0 Å². The first kappa shape index (κ1) is 17.1. The van der Waals surface area contributed by atoms with Crippen molar-refractivity contribution in [3.05, 3.63) is 28.7 Å². The highest BCUT2D eigenvalue weighted by Gasteiger charge is 2.46. The second-order valence-electron chi connectivity index (χ2n) is 7.80. The lowest BCUT2D eigenvalue weighted by atomic mass is 9.84. The highest BCUT2D eigenvalue weighted by atomic mass is 79.9. The molecule has 3 fully saturated rings. The molecule has 2 aliphatic heterocycles. The quantitative estimate of drug-likeness (QED) is 0.747. The predicted molar refractivity (Wildman–Crippen MR) is 101 cm³/mol. The number of anilines is 1. The van der Waals surface area contributed by atoms with Gasteiger partial charge in [0.2, 0.25) is 11.8 Å². The fraction of sp³-hybridized carbons (Fsp3) is 0.600. The maximum Gasteiger partial charge on any atom is 0.228 e. The lowest BCUT2D eigenvalue weighted by molar-refractivity contribution is -0.139. The summed E-state index contributed by atoms with van der Waals surface area (Å²) in [5, 5.41) is 0. The van der Waals surface area contributed by atoms with Crippen molar-refractivity contribution < 1.29 is 9.59 Å². The Bertz CT molecular complexity index is 692. The summed E-state index contributed by atoms with van der Waals surface area (Å²) in [6.07, 6.45) is 6.38. The zero-order valence-electron chi connectivity index (χ0n) is 14.7. The molecule has 4 nitrogen and oxygen atoms in total. The summed E-state index contributed by atoms with van der Waals surface area (Å²) in [6.45, 7) is 2.68. The van der Waals surface area contributed by atoms with Crippen LogP contribution in [0.25, 0.3) is 0 Å². The number of rotatable bonds is 2. The Labute approximate surface area is 157 Å². The number of amides is 2. The first-order valence-corrected chi connectivity index (χ1v) is 10.2. The molecule has 2 heterocycles. The van der Waals surface area contributed by atoms with Crippen LogP contribution in [0.3, 0.4) is 0 Å². The number of carbonyl (C=O) groups is 2. The van der Waals surface area contributed by atoms with Crippen molar-refractivity contribution >= 4 is 33.4 Å². The van der Waals surface area contributed by atoms with Gasteiger partial charge >= 0.3 is 0 Å². The van der Waals surface area contributed by atoms with E-state index in [-0.39, 0.29) is 17.7 Å². The minimum absolute atomic E-state index is 0.0531. The van der Waals surface area contributed by atoms with E-state index in [4.69, 9.17) is 0 Å². The third-order valence-corrected chi connectivity index (χ3v) is 6.89. The molecule has 5 heteroatoms. The molecular formula is C20H25BrN2O2. The fourth-order valence-corrected chi connectivity index (χ4v) is 5.57. The van der Waals surface area contributed by atoms with Crippen molar-refractivity contribution in [2.45, 2.75) is 57.5 Å². The van der Waals surface area contributed by atoms with E-state index < -0.39 is 0 Å². The van der Waals surface area contributed by atoms with E-state index in [0.29, 0.717) is 31.0 Å². The monoisotopic (exact) mass is 404 g/mol. The van der Waals surface area contributed by atoms with Gasteiger partial charge in [-0.25, -0.2) is 0 Å². The van der Waals surface area contributed by atoms with E-state index in [1.54, 1.807) is 4.90 Å². The molecule has 0 spiro atoms. The van der Waals surface area contributed by atoms with Crippen LogP contribution in [0, 0.1) is 11.8 Å². The molecule has 1 aliphatic carbocycles. The van der Waals surface area contributed by atoms with E-state index in [1.807, 2.05) is 24.3 Å². The molecule has 134 valence electrons. The Hall–Kier alpha value is -1.36. The van der Waals surface area contributed by atoms with Crippen LogP contribution >= 0.6 is 15.9 Å². The van der Waals surface area contributed by atoms with E-state index in [0.717, 1.165) is 23.0 Å². The number of para-hydroxylation sites is 1. The van der Waals surface area contributed by atoms with Crippen LogP contribution in [0.15, 0.2) is 28.7 Å². The lowest BCUT2D eigenvalue weighted by Gasteiger charge is -2.34. The summed E-state index contributed by atoms with van der Waals surface area (Å²) in [7, 11) is 0. The molecule has 25 heavy (non-hydrogen) atoms. The Balaban J connectivity index is 1.52. The smallest absolute Gasteiger partial charge is 0.228 e. The van der Waals surface area contributed by atoms with Crippen LogP contribution in [0.2, 0.25) is 0 Å². The molecule has 0 N–H and O–H groups in total. The first-order valence-electron chi connectivity index (χ1n) is 9.43. The van der Waals surface area contributed by atoms with E-state index in [2.05, 4.69) is 27.8 Å². The molecule has 0 aromatic heterocycles. The average molecular weight is 405 g/mol. The molecule has 4 atom stereocenters. The summed E-state index contributed by atoms with van der Waals surface area (Å²) in [6, 6.07) is 8.46. The van der Waals surface area contributed by atoms with Crippen molar-refractivity contribution in [3.63, 3.8) is 0 Å². The fourth-order valence-electron chi connectivity index (χ4n) is 5.08. The Morgan fingerprint density at radius 2 is 1.96 bits per heavy atom. The summed E-state index contributed by atoms with van der Waals surface area (Å²) >= 11 is 3.52. The molecule has 1 aromatic carbocycles. The maximum atomic E-state index is 13.3. The Morgan fingerprint density at radius 3 is 2.76 bits per heavy atom. The van der Waals surface area contributed by atoms with E-state index in [1.165, 1.54) is 19.3 Å². The van der Waals surface area contributed by atoms with E-state index >= 15 is 0 Å². The summed E-state index contributed by atoms with van der Waals surface area (Å²) in [5.41, 5.74) is 0.868. The van der Waals surface area contributed by atoms with Crippen LogP contribution in [0.4, 0.5) is 5.69 Å². The summed E-state index contributed by atoms with van der Waals surface area (Å²) < 4.78 is 0.901. The molecule has 1 saturated carbocycles. The largest absolute Gasteiger partial charge is 0.336 e. The van der Waals surface area contributed by atoms with Gasteiger partial charge in [0.05, 0.1) is 11.6 Å². The minimum Gasteiger partial charge on any atom is -0.336 e. The van der Waals surface area contributed by atoms with Crippen LogP contribution in [0.5, 0.6) is 0 Å². The second kappa shape index (κ2) is 6.75. The number of nitrogens with zero attached hydrogens (tertiary/aromatic N) is 2. The first-order chi connectivity index (χ1) is 12.1. The van der Waals surface area contributed by atoms with Crippen molar-refractivity contribution in [2.75, 3.05) is 11.4 Å². The molecule has 0 radical (unpaired) electrons. The molecule has 4 rings (SSSR count). The normalized spacial score (nSPS) is 32.2. The Kier molecular flexibility index (Phi) is 4.61. The zero-order valence-corrected chi connectivity index (χ0v) is 16.2. The number of likely N-dealkylation sites (tertiary alicyclic amines) is 1. The second-order valence-corrected chi connectivity index (χ2v) is 8.65. The van der Waals surface area contributed by atoms with Gasteiger partial charge < -0.3 is 9.80 Å². The number of halogens is 1. The van der Waals surface area contributed by atoms with Crippen LogP contribution in [0.1, 0.15) is 45.4 Å². The third-order valence-electron chi connectivity index (χ3n) is 6.22. The average Bonchev–Trinajstić information content (AvgIpc) is 3.14. The van der Waals surface area contributed by atoms with Gasteiger partial charge in [-0.05, 0) is 60.2 Å². The number of carbonyl (C=O) groups excluding carboxylic acids is 2. The van der Waals surface area contributed by atoms with Gasteiger partial charge in [0.25, 0.3) is 0 Å². The van der Waals surface area contributed by atoms with Gasteiger partial charge in [-0.3, -0.25) is 9.59 Å². The highest BCUT2D eigenvalue weighted by molar-refractivity contribution is 9.10. The SMILES string of the molecule is CC1CC2CCCCC2N1C(=O)C1CC(=O)N(c2ccccc2Br)C1. The van der Waals surface area contributed by atoms with Gasteiger partial charge in [0.15, 0.2) is 0 Å². The standard InChI is InChI=1S/C20H25BrN2O2/c1-13-10-14-6-2-4-8-17(14)23(13)20(25)15-11-19(24)22(12-15)18-9-5-3-7-16(18)21/h3,5,7,9,13-15,17H,2,4,6,8,10-12H2,1H3. The number of benzene rings is 1. The number of fused-ring (bicyclic) bond motifs is 1. The van der Waals surface area contributed by atoms with Crippen LogP contribution in [-0.2, 0) is 9.59 Å². The topological polar surface area (TPSA) is 40.6 Å². The maximum absolute atomic E-state index is 13.3. The van der Waals surface area contributed by atoms with Crippen LogP contribution in [-0.4, -0.2) is 35.3 Å². The van der Waals surface area contributed by atoms with Gasteiger partial charge in [-0.1, -0.05) is 25.0 Å². The molecule has 1 aromatic rings. The minimum atomic E-state index is -0.206. The van der Waals surface area contributed by atoms with E-state index in [9.17, 15) is 9.59 Å².